The number of fused-ring (bicyclic) bond motifs is 8. The molecule has 1 aliphatic heterocycles. The second-order valence-electron chi connectivity index (χ2n) is 33.9. The van der Waals surface area contributed by atoms with Crippen LogP contribution in [0, 0.1) is 52.3 Å². The van der Waals surface area contributed by atoms with Crippen LogP contribution in [-0.4, -0.2) is 160 Å². The van der Waals surface area contributed by atoms with E-state index in [0.29, 0.717) is 64.9 Å². The number of carbonyl (C=O) groups is 9. The number of phenols is 2. The Kier molecular flexibility index (Phi) is 27.8. The first kappa shape index (κ1) is 88.4. The molecule has 4 amide bonds. The lowest BCUT2D eigenvalue weighted by molar-refractivity contribution is -0.249. The highest BCUT2D eigenvalue weighted by Gasteiger charge is 2.60. The van der Waals surface area contributed by atoms with Crippen LogP contribution in [-0.2, 0) is 71.4 Å². The molecular weight excluding hydrogens is 1540 g/mol. The third-order valence-electron chi connectivity index (χ3n) is 25.8. The van der Waals surface area contributed by atoms with Crippen LogP contribution in [0.5, 0.6) is 28.7 Å². The second-order valence-corrected chi connectivity index (χ2v) is 36.2. The topological polar surface area (TPSA) is 473 Å². The van der Waals surface area contributed by atoms with E-state index in [2.05, 4.69) is 66.5 Å². The number of alkyl carbamates (subject to hydrolysis) is 1. The average molecular weight is 1650 g/mol. The summed E-state index contributed by atoms with van der Waals surface area (Å²) in [5.74, 6) is -6.17. The summed E-state index contributed by atoms with van der Waals surface area (Å²) in [6.45, 7) is 14.5. The van der Waals surface area contributed by atoms with Crippen molar-refractivity contribution in [1.82, 2.24) is 21.3 Å². The molecular formula is C84H110N4O26P2. The number of hydrogen-bond donors (Lipinski definition) is 13. The number of nitrogens with one attached hydrogen (secondary N) is 4. The summed E-state index contributed by atoms with van der Waals surface area (Å²) in [6.07, 6.45) is 4.07. The summed E-state index contributed by atoms with van der Waals surface area (Å²) < 4.78 is 56.6. The molecule has 1 heterocycles. The normalized spacial score (nSPS) is 27.1. The maximum atomic E-state index is 15.0. The number of aliphatic hydroxyl groups excluding tert-OH is 1. The van der Waals surface area contributed by atoms with E-state index in [-0.39, 0.29) is 96.4 Å². The largest absolute Gasteiger partial charge is 0.524 e. The van der Waals surface area contributed by atoms with Crippen molar-refractivity contribution >= 4 is 68.6 Å². The lowest BCUT2D eigenvalue weighted by Crippen LogP contribution is -2.55. The number of allylic oxidation sites excluding steroid dienone is 1. The zero-order valence-electron chi connectivity index (χ0n) is 66.7. The van der Waals surface area contributed by atoms with E-state index in [1.165, 1.54) is 125 Å². The Morgan fingerprint density at radius 1 is 0.733 bits per heavy atom. The Morgan fingerprint density at radius 3 is 2.01 bits per heavy atom. The van der Waals surface area contributed by atoms with Crippen molar-refractivity contribution in [2.75, 3.05) is 13.7 Å². The highest BCUT2D eigenvalue weighted by Crippen LogP contribution is 2.68. The third-order valence-corrected chi connectivity index (χ3v) is 26.7. The monoisotopic (exact) mass is 1650 g/mol. The van der Waals surface area contributed by atoms with Gasteiger partial charge in [0.1, 0.15) is 52.6 Å². The summed E-state index contributed by atoms with van der Waals surface area (Å²) in [4.78, 5) is 163. The maximum Gasteiger partial charge on any atom is 0.524 e. The van der Waals surface area contributed by atoms with E-state index in [4.69, 9.17) is 23.5 Å². The van der Waals surface area contributed by atoms with Crippen molar-refractivity contribution in [2.24, 2.45) is 52.3 Å². The molecule has 17 atom stereocenters. The standard InChI is InChI=1S/C84H110N4O26P2/c1-44(2)13-11-14-45(3)58-28-29-59-55-27-22-51-40-54(32-34-82(51,6)60(55)33-35-83(58,59)7)111-81(101)88-61(37-48-18-23-52(24-19-48)113-115(103,104)105)64(90)39-50(79(98)87-63(80(99)100)38-49-20-25-53(26-21-49)114-116(106,107)108)15-9-10-36-85-67(91)30-31-68(92)86-62-41-69(110-46(4)74(62)93)112-66-43-84(102,47(5)89)42-57-71(66)78(97)73-72(76(57)95)75(94)56-16-12-17-65(109-8)70(56)77(73)96/h12,16-26,44-46,50,54-55,58-63,66,69,74,93,95,97,102H,9-11,13-15,27-43H2,1-8H3,(H,85,91)(H,86,92)(H,87,98)(H,88,101)(H,99,100)(H2,103,104,105)(H2,106,107,108)/t45-,46+,50+,54?,55+,58?,59+,60+,61?,62+,63?,66+,69+,74-,82+,83-,84+/m1/s1. The molecule has 0 radical (unpaired) electrons. The van der Waals surface area contributed by atoms with Gasteiger partial charge >= 0.3 is 27.7 Å². The Hall–Kier alpha value is -8.41. The second kappa shape index (κ2) is 36.4. The van der Waals surface area contributed by atoms with Crippen LogP contribution in [0.25, 0.3) is 0 Å². The van der Waals surface area contributed by atoms with Crippen molar-refractivity contribution in [3.8, 4) is 28.7 Å². The molecule has 32 heteroatoms. The maximum absolute atomic E-state index is 15.0. The van der Waals surface area contributed by atoms with Crippen molar-refractivity contribution in [1.29, 1.82) is 0 Å². The molecule has 3 saturated carbocycles. The lowest BCUT2D eigenvalue weighted by atomic mass is 9.47. The van der Waals surface area contributed by atoms with Gasteiger partial charge in [-0.3, -0.25) is 53.1 Å². The zero-order valence-corrected chi connectivity index (χ0v) is 68.5. The minimum Gasteiger partial charge on any atom is -0.507 e. The van der Waals surface area contributed by atoms with Gasteiger partial charge < -0.3 is 74.8 Å². The minimum absolute atomic E-state index is 0.0166. The number of methoxy groups -OCH3 is 1. The highest BCUT2D eigenvalue weighted by molar-refractivity contribution is 7.47. The number of carbonyl (C=O) groups excluding carboxylic acids is 8. The Bertz CT molecular complexity index is 4500. The molecule has 632 valence electrons. The van der Waals surface area contributed by atoms with Gasteiger partial charge in [0.25, 0.3) is 0 Å². The molecule has 4 aromatic rings. The van der Waals surface area contributed by atoms with Crippen LogP contribution < -0.4 is 35.1 Å². The van der Waals surface area contributed by atoms with Gasteiger partial charge in [-0.25, -0.2) is 18.7 Å². The van der Waals surface area contributed by atoms with E-state index >= 15 is 4.79 Å². The molecule has 4 aromatic carbocycles. The Labute approximate surface area is 673 Å². The SMILES string of the molecule is COc1cccc2c1C(=O)c1c(O)c3c(c(O)c1C2=O)C[C@@](O)(C(C)=O)C[C@@H]3O[C@H]1C[C@H](NC(=O)CCC(=O)NCCCC[C@@H](CC(=O)C(Cc2ccc(OP(=O)(O)O)cc2)NC(=O)OC2CC[C@@]3(C)C(=CC[C@@H]4[C@@H]3CC[C@]3(C)C([C@H](C)CCCC(C)C)CC[C@@H]43)C2)C(=O)NC(Cc2ccc(OP(=O)(O)O)cc2)C(=O)O)[C@H](O)[C@H](C)O1. The first-order valence-corrected chi connectivity index (χ1v) is 43.3. The molecule has 1 saturated heterocycles. The van der Waals surface area contributed by atoms with E-state index in [1.54, 1.807) is 0 Å². The zero-order chi connectivity index (χ0) is 84.3. The molecule has 0 aromatic heterocycles. The van der Waals surface area contributed by atoms with Crippen molar-refractivity contribution in [3.05, 3.63) is 123 Å². The van der Waals surface area contributed by atoms with Gasteiger partial charge in [0.15, 0.2) is 23.6 Å². The minimum atomic E-state index is -4.98. The van der Waals surface area contributed by atoms with Crippen LogP contribution in [0.4, 0.5) is 4.79 Å². The molecule has 11 rings (SSSR count). The van der Waals surface area contributed by atoms with Gasteiger partial charge in [-0.1, -0.05) is 108 Å². The number of ketones is 4. The number of carboxylic acids is 1. The van der Waals surface area contributed by atoms with Gasteiger partial charge in [0.05, 0.1) is 48.1 Å². The fourth-order valence-electron chi connectivity index (χ4n) is 19.8. The predicted molar refractivity (Wildman–Crippen MR) is 419 cm³/mol. The number of carboxylic acid groups (broad SMARTS) is 1. The van der Waals surface area contributed by atoms with Crippen LogP contribution in [0.2, 0.25) is 0 Å². The summed E-state index contributed by atoms with van der Waals surface area (Å²) in [5.41, 5.74) is -1.88. The third kappa shape index (κ3) is 20.3. The van der Waals surface area contributed by atoms with Gasteiger partial charge in [0.2, 0.25) is 23.5 Å². The number of phosphoric ester groups is 2. The van der Waals surface area contributed by atoms with E-state index in [9.17, 15) is 92.6 Å². The molecule has 30 nitrogen and oxygen atoms in total. The Morgan fingerprint density at radius 2 is 1.38 bits per heavy atom. The highest BCUT2D eigenvalue weighted by atomic mass is 31.2. The number of Topliss-reactive ketones (excluding diaryl/α,β-unsaturated/α-hetero) is 2. The number of aromatic hydroxyl groups is 2. The molecule has 6 aliphatic carbocycles. The van der Waals surface area contributed by atoms with Gasteiger partial charge in [-0.2, -0.15) is 0 Å². The van der Waals surface area contributed by atoms with E-state index < -0.39 is 177 Å². The quantitative estimate of drug-likeness (QED) is 0.00787. The van der Waals surface area contributed by atoms with Crippen LogP contribution in [0.3, 0.4) is 0 Å². The number of benzene rings is 4. The van der Waals surface area contributed by atoms with Crippen LogP contribution >= 0.6 is 15.6 Å². The van der Waals surface area contributed by atoms with Crippen molar-refractivity contribution < 1.29 is 125 Å². The molecule has 13 N–H and O–H groups in total. The van der Waals surface area contributed by atoms with Gasteiger partial charge in [-0.15, -0.1) is 0 Å². The molecule has 4 fully saturated rings. The molecule has 7 aliphatic rings. The Balaban J connectivity index is 0.735. The van der Waals surface area contributed by atoms with Gasteiger partial charge in [-0.05, 0) is 166 Å². The first-order valence-electron chi connectivity index (χ1n) is 40.2. The van der Waals surface area contributed by atoms with Gasteiger partial charge in [0, 0.05) is 80.5 Å². The number of phenolic OH excluding ortho intramolecular Hbond substituents is 2. The number of amides is 4. The van der Waals surface area contributed by atoms with Crippen molar-refractivity contribution in [3.63, 3.8) is 0 Å². The smallest absolute Gasteiger partial charge is 0.507 e. The lowest BCUT2D eigenvalue weighted by Gasteiger charge is -2.58. The fourth-order valence-corrected chi connectivity index (χ4v) is 20.5. The molecule has 4 unspecified atom stereocenters. The number of unbranched alkanes of at least 4 members (excludes halogenated alkanes) is 1. The summed E-state index contributed by atoms with van der Waals surface area (Å²) in [5, 5.41) is 68.1. The number of rotatable bonds is 34. The number of aliphatic hydroxyl groups is 2. The molecule has 0 spiro atoms. The summed E-state index contributed by atoms with van der Waals surface area (Å²) in [6, 6.07) is 10.7. The molecule has 0 bridgehead atoms. The first-order chi connectivity index (χ1) is 54.7. The van der Waals surface area contributed by atoms with Crippen LogP contribution in [0.15, 0.2) is 78.4 Å². The summed E-state index contributed by atoms with van der Waals surface area (Å²) >= 11 is 0. The van der Waals surface area contributed by atoms with Crippen LogP contribution in [0.1, 0.15) is 231 Å². The number of ether oxygens (including phenoxy) is 4. The number of phosphoric acid groups is 2. The van der Waals surface area contributed by atoms with E-state index in [1.807, 2.05) is 0 Å². The predicted octanol–water partition coefficient (Wildman–Crippen LogP) is 10.3. The molecule has 116 heavy (non-hydrogen) atoms. The fraction of sp³-hybridized carbons (Fsp3) is 0.583. The number of aliphatic carboxylic acids is 1. The van der Waals surface area contributed by atoms with Crippen molar-refractivity contribution in [2.45, 2.75) is 244 Å². The number of hydrogen-bond acceptors (Lipinski definition) is 21. The average Bonchev–Trinajstić information content (AvgIpc) is 1.02. The summed E-state index contributed by atoms with van der Waals surface area (Å²) in [7, 11) is -8.64. The van der Waals surface area contributed by atoms with E-state index in [0.717, 1.165) is 26.2 Å².